The molecule has 2 fully saturated rings. The van der Waals surface area contributed by atoms with Crippen molar-refractivity contribution in [1.29, 1.82) is 0 Å². The maximum Gasteiger partial charge on any atom is 0.315 e. The minimum absolute atomic E-state index is 0.184. The van der Waals surface area contributed by atoms with E-state index in [2.05, 4.69) is 45.9 Å². The number of hydrogen-bond donors (Lipinski definition) is 3. The van der Waals surface area contributed by atoms with E-state index < -0.39 is 11.6 Å². The molecular weight excluding hydrogens is 482 g/mol. The first-order chi connectivity index (χ1) is 19.0. The van der Waals surface area contributed by atoms with Gasteiger partial charge in [-0.1, -0.05) is 91.0 Å². The highest BCUT2D eigenvalue weighted by molar-refractivity contribution is 5.75. The zero-order valence-electron chi connectivity index (χ0n) is 23.1. The number of aliphatic hydroxyl groups is 1. The van der Waals surface area contributed by atoms with E-state index in [1.165, 1.54) is 38.0 Å². The van der Waals surface area contributed by atoms with Gasteiger partial charge in [-0.3, -0.25) is 0 Å². The number of hydrogen-bond acceptors (Lipinski definition) is 3. The molecule has 1 unspecified atom stereocenters. The summed E-state index contributed by atoms with van der Waals surface area (Å²) < 4.78 is 0. The Kier molecular flexibility index (Phi) is 9.00. The third-order valence-electron chi connectivity index (χ3n) is 8.98. The van der Waals surface area contributed by atoms with E-state index in [9.17, 15) is 9.90 Å². The normalized spacial score (nSPS) is 22.8. The van der Waals surface area contributed by atoms with Crippen LogP contribution >= 0.6 is 0 Å². The summed E-state index contributed by atoms with van der Waals surface area (Å²) in [5, 5.41) is 18.1. The van der Waals surface area contributed by atoms with Crippen LogP contribution in [0.3, 0.4) is 0 Å². The molecular formula is C34H43N3O2. The summed E-state index contributed by atoms with van der Waals surface area (Å²) in [5.74, 6) is 1.41. The van der Waals surface area contributed by atoms with Crippen molar-refractivity contribution in [2.45, 2.75) is 69.1 Å². The second kappa shape index (κ2) is 12.8. The Labute approximate surface area is 233 Å². The summed E-state index contributed by atoms with van der Waals surface area (Å²) in [4.78, 5) is 15.7. The fourth-order valence-electron chi connectivity index (χ4n) is 6.57. The van der Waals surface area contributed by atoms with Gasteiger partial charge in [0, 0.05) is 12.6 Å². The van der Waals surface area contributed by atoms with Crippen LogP contribution in [0, 0.1) is 5.92 Å². The topological polar surface area (TPSA) is 64.6 Å². The molecule has 1 aliphatic heterocycles. The first-order valence-corrected chi connectivity index (χ1v) is 14.7. The monoisotopic (exact) mass is 525 g/mol. The standard InChI is InChI=1S/C34H43N3O2/c1-26(34(39,30-13-7-3-8-14-30)31-15-9-4-10-16-31)35-33(38)36-32-19-17-27(18-20-32)21-23-37-24-22-29(25-37)28-11-5-2-6-12-28/h2-16,26-27,29,32,39H,17-25H2,1H3,(H2,35,36,38)/t26-,27-,29?,32-/m0/s1. The smallest absolute Gasteiger partial charge is 0.315 e. The summed E-state index contributed by atoms with van der Waals surface area (Å²) >= 11 is 0. The second-order valence-corrected chi connectivity index (χ2v) is 11.5. The van der Waals surface area contributed by atoms with Gasteiger partial charge in [0.15, 0.2) is 0 Å². The Morgan fingerprint density at radius 3 is 2.03 bits per heavy atom. The molecule has 2 atom stereocenters. The minimum Gasteiger partial charge on any atom is -0.378 e. The van der Waals surface area contributed by atoms with E-state index in [4.69, 9.17) is 0 Å². The lowest BCUT2D eigenvalue weighted by Gasteiger charge is -2.36. The van der Waals surface area contributed by atoms with Crippen LogP contribution in [0.25, 0.3) is 0 Å². The van der Waals surface area contributed by atoms with Crippen molar-refractivity contribution in [3.63, 3.8) is 0 Å². The quantitative estimate of drug-likeness (QED) is 0.319. The van der Waals surface area contributed by atoms with Crippen LogP contribution in [-0.4, -0.2) is 47.8 Å². The minimum atomic E-state index is -1.33. The first kappa shape index (κ1) is 27.4. The van der Waals surface area contributed by atoms with Crippen molar-refractivity contribution in [1.82, 2.24) is 15.5 Å². The molecule has 2 amide bonds. The molecule has 0 radical (unpaired) electrons. The molecule has 1 saturated heterocycles. The molecule has 3 N–H and O–H groups in total. The van der Waals surface area contributed by atoms with Gasteiger partial charge in [0.1, 0.15) is 5.60 Å². The Balaban J connectivity index is 1.08. The summed E-state index contributed by atoms with van der Waals surface area (Å²) in [6, 6.07) is 29.6. The lowest BCUT2D eigenvalue weighted by molar-refractivity contribution is 0.0470. The van der Waals surface area contributed by atoms with E-state index in [1.54, 1.807) is 0 Å². The van der Waals surface area contributed by atoms with Crippen LogP contribution in [0.4, 0.5) is 4.79 Å². The molecule has 206 valence electrons. The number of nitrogens with one attached hydrogen (secondary N) is 2. The molecule has 5 heteroatoms. The Bertz CT molecular complexity index is 1120. The predicted octanol–water partition coefficient (Wildman–Crippen LogP) is 6.05. The number of carbonyl (C=O) groups excluding carboxylic acids is 1. The fourth-order valence-corrected chi connectivity index (χ4v) is 6.57. The third kappa shape index (κ3) is 6.71. The lowest BCUT2D eigenvalue weighted by atomic mass is 9.81. The van der Waals surface area contributed by atoms with E-state index >= 15 is 0 Å². The van der Waals surface area contributed by atoms with Crippen molar-refractivity contribution < 1.29 is 9.90 Å². The van der Waals surface area contributed by atoms with Crippen LogP contribution in [0.5, 0.6) is 0 Å². The average molecular weight is 526 g/mol. The summed E-state index contributed by atoms with van der Waals surface area (Å²) in [5.41, 5.74) is 1.67. The molecule has 0 spiro atoms. The molecule has 39 heavy (non-hydrogen) atoms. The highest BCUT2D eigenvalue weighted by Gasteiger charge is 2.38. The maximum absolute atomic E-state index is 13.0. The van der Waals surface area contributed by atoms with Gasteiger partial charge in [-0.25, -0.2) is 4.79 Å². The van der Waals surface area contributed by atoms with Crippen LogP contribution in [0.1, 0.15) is 68.1 Å². The molecule has 1 heterocycles. The molecule has 5 rings (SSSR count). The number of nitrogens with zero attached hydrogens (tertiary/aromatic N) is 1. The van der Waals surface area contributed by atoms with Crippen LogP contribution in [0.2, 0.25) is 0 Å². The highest BCUT2D eigenvalue weighted by Crippen LogP contribution is 2.33. The van der Waals surface area contributed by atoms with Crippen molar-refractivity contribution in [3.8, 4) is 0 Å². The molecule has 3 aromatic rings. The van der Waals surface area contributed by atoms with Crippen molar-refractivity contribution >= 4 is 6.03 Å². The SMILES string of the molecule is C[C@H](NC(=O)N[C@H]1CC[C@H](CCN2CCC(c3ccccc3)C2)CC1)C(O)(c1ccccc1)c1ccccc1. The van der Waals surface area contributed by atoms with Gasteiger partial charge in [-0.2, -0.15) is 0 Å². The van der Waals surface area contributed by atoms with Crippen molar-refractivity contribution in [2.24, 2.45) is 5.92 Å². The predicted molar refractivity (Wildman–Crippen MR) is 158 cm³/mol. The van der Waals surface area contributed by atoms with Gasteiger partial charge in [0.05, 0.1) is 6.04 Å². The number of urea groups is 1. The number of rotatable bonds is 9. The molecule has 5 nitrogen and oxygen atoms in total. The summed E-state index contributed by atoms with van der Waals surface area (Å²) in [6.45, 7) is 5.43. The molecule has 1 aliphatic carbocycles. The van der Waals surface area contributed by atoms with Gasteiger partial charge in [-0.05, 0) is 87.1 Å². The second-order valence-electron chi connectivity index (χ2n) is 11.5. The first-order valence-electron chi connectivity index (χ1n) is 14.7. The van der Waals surface area contributed by atoms with E-state index in [-0.39, 0.29) is 12.1 Å². The molecule has 0 aromatic heterocycles. The number of likely N-dealkylation sites (tertiary alicyclic amines) is 1. The largest absolute Gasteiger partial charge is 0.378 e. The van der Waals surface area contributed by atoms with Gasteiger partial charge in [-0.15, -0.1) is 0 Å². The average Bonchev–Trinajstić information content (AvgIpc) is 3.47. The Hall–Kier alpha value is -3.15. The van der Waals surface area contributed by atoms with Gasteiger partial charge < -0.3 is 20.6 Å². The molecule has 3 aromatic carbocycles. The number of carbonyl (C=O) groups is 1. The van der Waals surface area contributed by atoms with Crippen molar-refractivity contribution in [3.05, 3.63) is 108 Å². The summed E-state index contributed by atoms with van der Waals surface area (Å²) in [6.07, 6.45) is 6.86. The van der Waals surface area contributed by atoms with E-state index in [1.807, 2.05) is 67.6 Å². The van der Waals surface area contributed by atoms with Crippen LogP contribution in [-0.2, 0) is 5.60 Å². The Morgan fingerprint density at radius 2 is 1.44 bits per heavy atom. The lowest BCUT2D eigenvalue weighted by Crippen LogP contribution is -2.54. The van der Waals surface area contributed by atoms with Gasteiger partial charge >= 0.3 is 6.03 Å². The molecule has 2 aliphatic rings. The van der Waals surface area contributed by atoms with Gasteiger partial charge in [0.25, 0.3) is 0 Å². The summed E-state index contributed by atoms with van der Waals surface area (Å²) in [7, 11) is 0. The third-order valence-corrected chi connectivity index (χ3v) is 8.98. The van der Waals surface area contributed by atoms with Gasteiger partial charge in [0.2, 0.25) is 0 Å². The zero-order chi connectivity index (χ0) is 27.1. The number of benzene rings is 3. The molecule has 0 bridgehead atoms. The van der Waals surface area contributed by atoms with Crippen LogP contribution < -0.4 is 10.6 Å². The van der Waals surface area contributed by atoms with E-state index in [0.29, 0.717) is 5.92 Å². The highest BCUT2D eigenvalue weighted by atomic mass is 16.3. The molecule has 1 saturated carbocycles. The van der Waals surface area contributed by atoms with Crippen molar-refractivity contribution in [2.75, 3.05) is 19.6 Å². The number of amides is 2. The Morgan fingerprint density at radius 1 is 0.872 bits per heavy atom. The van der Waals surface area contributed by atoms with E-state index in [0.717, 1.165) is 42.7 Å². The maximum atomic E-state index is 13.0. The van der Waals surface area contributed by atoms with Crippen LogP contribution in [0.15, 0.2) is 91.0 Å². The fraction of sp³-hybridized carbons (Fsp3) is 0.441. The zero-order valence-corrected chi connectivity index (χ0v) is 23.1.